The summed E-state index contributed by atoms with van der Waals surface area (Å²) in [4.78, 5) is 12.9. The van der Waals surface area contributed by atoms with Crippen LogP contribution >= 0.6 is 0 Å². The van der Waals surface area contributed by atoms with Crippen molar-refractivity contribution in [2.45, 2.75) is 51.2 Å². The number of anilines is 1. The van der Waals surface area contributed by atoms with Crippen molar-refractivity contribution in [1.82, 2.24) is 4.31 Å². The predicted octanol–water partition coefficient (Wildman–Crippen LogP) is 3.61. The zero-order chi connectivity index (χ0) is 21.2. The van der Waals surface area contributed by atoms with Crippen molar-refractivity contribution in [3.63, 3.8) is 0 Å². The fourth-order valence-corrected chi connectivity index (χ4v) is 5.23. The van der Waals surface area contributed by atoms with E-state index in [1.54, 1.807) is 12.1 Å². The van der Waals surface area contributed by atoms with Crippen LogP contribution in [0, 0.1) is 6.92 Å². The van der Waals surface area contributed by atoms with Gasteiger partial charge in [0, 0.05) is 24.3 Å². The molecule has 1 N–H and O–H groups in total. The summed E-state index contributed by atoms with van der Waals surface area (Å²) in [7, 11) is -3.62. The molecular formula is C22H28N2O4S. The van der Waals surface area contributed by atoms with Crippen molar-refractivity contribution in [1.29, 1.82) is 0 Å². The van der Waals surface area contributed by atoms with E-state index in [0.29, 0.717) is 18.7 Å². The summed E-state index contributed by atoms with van der Waals surface area (Å²) in [5, 5.41) is 2.96. The van der Waals surface area contributed by atoms with E-state index in [4.69, 9.17) is 4.74 Å². The number of nitrogens with zero attached hydrogens (tertiary/aromatic N) is 1. The van der Waals surface area contributed by atoms with Crippen molar-refractivity contribution < 1.29 is 17.9 Å². The summed E-state index contributed by atoms with van der Waals surface area (Å²) in [5.41, 5.74) is 3.28. The minimum Gasteiger partial charge on any atom is -0.373 e. The van der Waals surface area contributed by atoms with Crippen molar-refractivity contribution >= 4 is 21.6 Å². The Balaban J connectivity index is 1.79. The van der Waals surface area contributed by atoms with Gasteiger partial charge in [-0.25, -0.2) is 8.42 Å². The second-order valence-corrected chi connectivity index (χ2v) is 9.46. The topological polar surface area (TPSA) is 75.7 Å². The molecule has 0 unspecified atom stereocenters. The Morgan fingerprint density at radius 2 is 1.72 bits per heavy atom. The first-order valence-corrected chi connectivity index (χ1v) is 11.3. The van der Waals surface area contributed by atoms with Gasteiger partial charge in [0.15, 0.2) is 0 Å². The summed E-state index contributed by atoms with van der Waals surface area (Å²) in [6.45, 7) is 8.36. The molecule has 1 heterocycles. The molecule has 1 aliphatic heterocycles. The third kappa shape index (κ3) is 4.69. The smallest absolute Gasteiger partial charge is 0.255 e. The molecule has 0 aliphatic carbocycles. The van der Waals surface area contributed by atoms with Crippen LogP contribution in [0.4, 0.5) is 5.69 Å². The van der Waals surface area contributed by atoms with Crippen LogP contribution in [-0.4, -0.2) is 43.9 Å². The quantitative estimate of drug-likeness (QED) is 0.808. The molecule has 0 spiro atoms. The fourth-order valence-electron chi connectivity index (χ4n) is 3.64. The molecule has 1 aliphatic rings. The van der Waals surface area contributed by atoms with Crippen molar-refractivity contribution in [3.05, 3.63) is 59.2 Å². The number of benzene rings is 2. The van der Waals surface area contributed by atoms with E-state index in [1.165, 1.54) is 16.4 Å². The Bertz CT molecular complexity index is 976. The van der Waals surface area contributed by atoms with Gasteiger partial charge < -0.3 is 10.1 Å². The molecule has 2 aromatic carbocycles. The molecule has 1 saturated heterocycles. The second-order valence-electron chi connectivity index (χ2n) is 7.52. The number of morpholine rings is 1. The largest absolute Gasteiger partial charge is 0.373 e. The monoisotopic (exact) mass is 416 g/mol. The molecular weight excluding hydrogens is 388 g/mol. The predicted molar refractivity (Wildman–Crippen MR) is 114 cm³/mol. The SMILES string of the molecule is CCc1cccc(C)c1NC(=O)c1ccc(S(=O)(=O)N2C[C@@H](C)O[C@@H](C)C2)cc1. The first kappa shape index (κ1) is 21.5. The molecule has 1 amide bonds. The van der Waals surface area contributed by atoms with Crippen LogP contribution in [0.5, 0.6) is 0 Å². The van der Waals surface area contributed by atoms with E-state index in [0.717, 1.165) is 23.2 Å². The van der Waals surface area contributed by atoms with Crippen LogP contribution in [-0.2, 0) is 21.2 Å². The maximum absolute atomic E-state index is 12.9. The molecule has 6 nitrogen and oxygen atoms in total. The lowest BCUT2D eigenvalue weighted by Gasteiger charge is -2.34. The van der Waals surface area contributed by atoms with Crippen LogP contribution < -0.4 is 5.32 Å². The summed E-state index contributed by atoms with van der Waals surface area (Å²) in [6.07, 6.45) is 0.506. The van der Waals surface area contributed by atoms with Crippen LogP contribution in [0.2, 0.25) is 0 Å². The summed E-state index contributed by atoms with van der Waals surface area (Å²) in [5.74, 6) is -0.258. The highest BCUT2D eigenvalue weighted by atomic mass is 32.2. The number of amides is 1. The maximum Gasteiger partial charge on any atom is 0.255 e. The molecule has 1 fully saturated rings. The number of nitrogens with one attached hydrogen (secondary N) is 1. The second kappa shape index (κ2) is 8.65. The highest BCUT2D eigenvalue weighted by Gasteiger charge is 2.32. The van der Waals surface area contributed by atoms with Crippen molar-refractivity contribution in [3.8, 4) is 0 Å². The number of ether oxygens (including phenoxy) is 1. The lowest BCUT2D eigenvalue weighted by atomic mass is 10.1. The highest BCUT2D eigenvalue weighted by molar-refractivity contribution is 7.89. The fraction of sp³-hybridized carbons (Fsp3) is 0.409. The number of para-hydroxylation sites is 1. The summed E-state index contributed by atoms with van der Waals surface area (Å²) in [6, 6.07) is 12.0. The Hall–Kier alpha value is -2.22. The normalized spacial score (nSPS) is 20.4. The third-order valence-electron chi connectivity index (χ3n) is 5.12. The number of hydrogen-bond acceptors (Lipinski definition) is 4. The minimum absolute atomic E-state index is 0.152. The van der Waals surface area contributed by atoms with Gasteiger partial charge >= 0.3 is 0 Å². The minimum atomic E-state index is -3.62. The zero-order valence-corrected chi connectivity index (χ0v) is 18.1. The first-order chi connectivity index (χ1) is 13.7. The van der Waals surface area contributed by atoms with Crippen LogP contribution in [0.25, 0.3) is 0 Å². The number of rotatable bonds is 5. The molecule has 0 bridgehead atoms. The average Bonchev–Trinajstić information content (AvgIpc) is 2.68. The number of hydrogen-bond donors (Lipinski definition) is 1. The maximum atomic E-state index is 12.9. The molecule has 0 saturated carbocycles. The van der Waals surface area contributed by atoms with Crippen molar-refractivity contribution in [2.75, 3.05) is 18.4 Å². The molecule has 0 radical (unpaired) electrons. The Morgan fingerprint density at radius 3 is 2.31 bits per heavy atom. The molecule has 3 rings (SSSR count). The van der Waals surface area contributed by atoms with Gasteiger partial charge in [0.25, 0.3) is 5.91 Å². The molecule has 7 heteroatoms. The standard InChI is InChI=1S/C22H28N2O4S/c1-5-18-8-6-7-15(2)21(18)23-22(25)19-9-11-20(12-10-19)29(26,27)24-13-16(3)28-17(4)14-24/h6-12,16-17H,5,13-14H2,1-4H3,(H,23,25)/t16-,17+. The first-order valence-electron chi connectivity index (χ1n) is 9.88. The number of sulfonamides is 1. The van der Waals surface area contributed by atoms with Gasteiger partial charge in [0.2, 0.25) is 10.0 Å². The number of aryl methyl sites for hydroxylation is 2. The van der Waals surface area contributed by atoms with Gasteiger partial charge in [0.1, 0.15) is 0 Å². The van der Waals surface area contributed by atoms with Gasteiger partial charge in [-0.3, -0.25) is 4.79 Å². The Labute approximate surface area is 172 Å². The number of carbonyl (C=O) groups excluding carboxylic acids is 1. The van der Waals surface area contributed by atoms with Gasteiger partial charge in [-0.15, -0.1) is 0 Å². The van der Waals surface area contributed by atoms with E-state index in [-0.39, 0.29) is 23.0 Å². The van der Waals surface area contributed by atoms with Gasteiger partial charge in [-0.2, -0.15) is 4.31 Å². The molecule has 156 valence electrons. The van der Waals surface area contributed by atoms with E-state index < -0.39 is 10.0 Å². The number of carbonyl (C=O) groups is 1. The van der Waals surface area contributed by atoms with E-state index in [1.807, 2.05) is 45.9 Å². The Kier molecular flexibility index (Phi) is 6.41. The zero-order valence-electron chi connectivity index (χ0n) is 17.3. The molecule has 2 atom stereocenters. The molecule has 2 aromatic rings. The van der Waals surface area contributed by atoms with E-state index in [2.05, 4.69) is 5.32 Å². The van der Waals surface area contributed by atoms with Gasteiger partial charge in [0.05, 0.1) is 17.1 Å². The Morgan fingerprint density at radius 1 is 1.10 bits per heavy atom. The average molecular weight is 417 g/mol. The lowest BCUT2D eigenvalue weighted by molar-refractivity contribution is -0.0440. The van der Waals surface area contributed by atoms with Crippen LogP contribution in [0.3, 0.4) is 0 Å². The van der Waals surface area contributed by atoms with Crippen LogP contribution in [0.1, 0.15) is 42.3 Å². The van der Waals surface area contributed by atoms with E-state index in [9.17, 15) is 13.2 Å². The van der Waals surface area contributed by atoms with E-state index >= 15 is 0 Å². The van der Waals surface area contributed by atoms with Crippen molar-refractivity contribution in [2.24, 2.45) is 0 Å². The third-order valence-corrected chi connectivity index (χ3v) is 6.96. The summed E-state index contributed by atoms with van der Waals surface area (Å²) >= 11 is 0. The van der Waals surface area contributed by atoms with Crippen LogP contribution in [0.15, 0.2) is 47.4 Å². The highest BCUT2D eigenvalue weighted by Crippen LogP contribution is 2.24. The lowest BCUT2D eigenvalue weighted by Crippen LogP contribution is -2.48. The molecule has 0 aromatic heterocycles. The molecule has 29 heavy (non-hydrogen) atoms. The summed E-state index contributed by atoms with van der Waals surface area (Å²) < 4.78 is 33.0. The van der Waals surface area contributed by atoms with Gasteiger partial charge in [-0.1, -0.05) is 25.1 Å². The van der Waals surface area contributed by atoms with Gasteiger partial charge in [-0.05, 0) is 62.6 Å².